The molecule has 0 saturated heterocycles. The molecular weight excluding hydrogens is 244 g/mol. The lowest BCUT2D eigenvalue weighted by Crippen LogP contribution is -2.19. The van der Waals surface area contributed by atoms with Gasteiger partial charge < -0.3 is 9.47 Å². The quantitative estimate of drug-likeness (QED) is 0.590. The third-order valence-corrected chi connectivity index (χ3v) is 2.97. The SMILES string of the molecule is CN(CCCn1ccnc1)c1ccc([N+](=O)[O-])cc1. The fourth-order valence-corrected chi connectivity index (χ4v) is 1.87. The van der Waals surface area contributed by atoms with Crippen LogP contribution in [0.2, 0.25) is 0 Å². The lowest BCUT2D eigenvalue weighted by atomic mass is 10.2. The lowest BCUT2D eigenvalue weighted by molar-refractivity contribution is -0.384. The van der Waals surface area contributed by atoms with E-state index in [1.165, 1.54) is 12.1 Å². The van der Waals surface area contributed by atoms with E-state index in [0.717, 1.165) is 25.2 Å². The number of rotatable bonds is 6. The van der Waals surface area contributed by atoms with Gasteiger partial charge in [0, 0.05) is 50.4 Å². The van der Waals surface area contributed by atoms with E-state index < -0.39 is 0 Å². The Labute approximate surface area is 111 Å². The van der Waals surface area contributed by atoms with Crippen molar-refractivity contribution in [3.05, 3.63) is 53.1 Å². The molecule has 0 atom stereocenters. The van der Waals surface area contributed by atoms with Gasteiger partial charge in [0.15, 0.2) is 0 Å². The highest BCUT2D eigenvalue weighted by atomic mass is 16.6. The van der Waals surface area contributed by atoms with Gasteiger partial charge >= 0.3 is 0 Å². The van der Waals surface area contributed by atoms with Gasteiger partial charge in [-0.15, -0.1) is 0 Å². The summed E-state index contributed by atoms with van der Waals surface area (Å²) in [6, 6.07) is 6.61. The summed E-state index contributed by atoms with van der Waals surface area (Å²) < 4.78 is 2.03. The van der Waals surface area contributed by atoms with Crippen molar-refractivity contribution in [2.45, 2.75) is 13.0 Å². The number of nitrogens with zero attached hydrogens (tertiary/aromatic N) is 4. The molecule has 0 aliphatic rings. The van der Waals surface area contributed by atoms with Crippen LogP contribution in [0.1, 0.15) is 6.42 Å². The van der Waals surface area contributed by atoms with Crippen LogP contribution in [0, 0.1) is 10.1 Å². The Balaban J connectivity index is 1.85. The number of hydrogen-bond donors (Lipinski definition) is 0. The molecule has 0 saturated carbocycles. The van der Waals surface area contributed by atoms with Crippen LogP contribution in [0.25, 0.3) is 0 Å². The molecule has 6 heteroatoms. The lowest BCUT2D eigenvalue weighted by Gasteiger charge is -2.19. The number of aryl methyl sites for hydroxylation is 1. The van der Waals surface area contributed by atoms with Crippen molar-refractivity contribution in [2.75, 3.05) is 18.5 Å². The first kappa shape index (κ1) is 13.1. The molecule has 2 aromatic rings. The fraction of sp³-hybridized carbons (Fsp3) is 0.308. The molecule has 0 N–H and O–H groups in total. The summed E-state index contributed by atoms with van der Waals surface area (Å²) in [5.74, 6) is 0. The predicted molar refractivity (Wildman–Crippen MR) is 73.2 cm³/mol. The number of non-ortho nitro benzene ring substituents is 1. The van der Waals surface area contributed by atoms with Crippen molar-refractivity contribution >= 4 is 11.4 Å². The van der Waals surface area contributed by atoms with E-state index >= 15 is 0 Å². The largest absolute Gasteiger partial charge is 0.375 e. The second-order valence-corrected chi connectivity index (χ2v) is 4.35. The minimum Gasteiger partial charge on any atom is -0.375 e. The minimum atomic E-state index is -0.386. The zero-order chi connectivity index (χ0) is 13.7. The molecule has 0 amide bonds. The van der Waals surface area contributed by atoms with Crippen molar-refractivity contribution in [3.8, 4) is 0 Å². The molecule has 1 heterocycles. The number of aromatic nitrogens is 2. The van der Waals surface area contributed by atoms with Crippen LogP contribution >= 0.6 is 0 Å². The van der Waals surface area contributed by atoms with Crippen LogP contribution in [0.15, 0.2) is 43.0 Å². The Morgan fingerprint density at radius 1 is 1.37 bits per heavy atom. The summed E-state index contributed by atoms with van der Waals surface area (Å²) in [5.41, 5.74) is 1.10. The van der Waals surface area contributed by atoms with Crippen LogP contribution in [0.3, 0.4) is 0 Å². The van der Waals surface area contributed by atoms with E-state index in [9.17, 15) is 10.1 Å². The standard InChI is InChI=1S/C13H16N4O2/c1-15(8-2-9-16-10-7-14-11-16)12-3-5-13(6-4-12)17(18)19/h3-7,10-11H,2,8-9H2,1H3. The Kier molecular flexibility index (Phi) is 4.12. The van der Waals surface area contributed by atoms with Crippen molar-refractivity contribution in [1.29, 1.82) is 0 Å². The Bertz CT molecular complexity index is 522. The Morgan fingerprint density at radius 2 is 2.11 bits per heavy atom. The van der Waals surface area contributed by atoms with Gasteiger partial charge in [-0.2, -0.15) is 0 Å². The summed E-state index contributed by atoms with van der Waals surface area (Å²) in [5, 5.41) is 10.6. The van der Waals surface area contributed by atoms with Crippen molar-refractivity contribution in [3.63, 3.8) is 0 Å². The van der Waals surface area contributed by atoms with Crippen LogP contribution in [-0.4, -0.2) is 28.1 Å². The Hall–Kier alpha value is -2.37. The molecule has 0 radical (unpaired) electrons. The van der Waals surface area contributed by atoms with E-state index in [1.54, 1.807) is 24.7 Å². The molecule has 0 bridgehead atoms. The summed E-state index contributed by atoms with van der Waals surface area (Å²) >= 11 is 0. The van der Waals surface area contributed by atoms with E-state index in [4.69, 9.17) is 0 Å². The molecule has 0 aliphatic heterocycles. The number of nitro benzene ring substituents is 1. The third kappa shape index (κ3) is 3.54. The molecule has 1 aromatic heterocycles. The average Bonchev–Trinajstić information content (AvgIpc) is 2.92. The maximum atomic E-state index is 10.6. The van der Waals surface area contributed by atoms with Gasteiger partial charge in [-0.1, -0.05) is 0 Å². The molecule has 6 nitrogen and oxygen atoms in total. The maximum Gasteiger partial charge on any atom is 0.269 e. The maximum absolute atomic E-state index is 10.6. The molecule has 0 spiro atoms. The van der Waals surface area contributed by atoms with Gasteiger partial charge in [-0.25, -0.2) is 4.98 Å². The minimum absolute atomic E-state index is 0.121. The Morgan fingerprint density at radius 3 is 2.68 bits per heavy atom. The monoisotopic (exact) mass is 260 g/mol. The zero-order valence-corrected chi connectivity index (χ0v) is 10.8. The van der Waals surface area contributed by atoms with E-state index in [2.05, 4.69) is 9.88 Å². The van der Waals surface area contributed by atoms with E-state index in [0.29, 0.717) is 0 Å². The third-order valence-electron chi connectivity index (χ3n) is 2.97. The predicted octanol–water partition coefficient (Wildman–Crippen LogP) is 2.32. The molecule has 0 fully saturated rings. The number of anilines is 1. The molecule has 1 aromatic carbocycles. The topological polar surface area (TPSA) is 64.2 Å². The zero-order valence-electron chi connectivity index (χ0n) is 10.8. The number of benzene rings is 1. The first-order chi connectivity index (χ1) is 9.16. The first-order valence-electron chi connectivity index (χ1n) is 6.08. The van der Waals surface area contributed by atoms with E-state index in [-0.39, 0.29) is 10.6 Å². The van der Waals surface area contributed by atoms with Gasteiger partial charge in [0.2, 0.25) is 0 Å². The number of hydrogen-bond acceptors (Lipinski definition) is 4. The molecule has 0 aliphatic carbocycles. The highest BCUT2D eigenvalue weighted by Gasteiger charge is 2.06. The van der Waals surface area contributed by atoms with Crippen molar-refractivity contribution in [1.82, 2.24) is 9.55 Å². The van der Waals surface area contributed by atoms with Gasteiger partial charge in [-0.3, -0.25) is 10.1 Å². The average molecular weight is 260 g/mol. The van der Waals surface area contributed by atoms with Crippen LogP contribution in [0.4, 0.5) is 11.4 Å². The van der Waals surface area contributed by atoms with Crippen molar-refractivity contribution < 1.29 is 4.92 Å². The smallest absolute Gasteiger partial charge is 0.269 e. The highest BCUT2D eigenvalue weighted by molar-refractivity contribution is 5.50. The van der Waals surface area contributed by atoms with Crippen molar-refractivity contribution in [2.24, 2.45) is 0 Å². The summed E-state index contributed by atoms with van der Waals surface area (Å²) in [6.07, 6.45) is 6.49. The normalized spacial score (nSPS) is 10.4. The van der Waals surface area contributed by atoms with Gasteiger partial charge in [0.05, 0.1) is 11.3 Å². The van der Waals surface area contributed by atoms with Crippen LogP contribution in [0.5, 0.6) is 0 Å². The first-order valence-corrected chi connectivity index (χ1v) is 6.08. The highest BCUT2D eigenvalue weighted by Crippen LogP contribution is 2.18. The summed E-state index contributed by atoms with van der Waals surface area (Å²) in [7, 11) is 1.98. The molecule has 19 heavy (non-hydrogen) atoms. The molecular formula is C13H16N4O2. The molecule has 100 valence electrons. The fourth-order valence-electron chi connectivity index (χ4n) is 1.87. The number of nitro groups is 1. The number of imidazole rings is 1. The second kappa shape index (κ2) is 5.99. The summed E-state index contributed by atoms with van der Waals surface area (Å²) in [6.45, 7) is 1.80. The molecule has 2 rings (SSSR count). The van der Waals surface area contributed by atoms with E-state index in [1.807, 2.05) is 17.8 Å². The van der Waals surface area contributed by atoms with Crippen LogP contribution in [-0.2, 0) is 6.54 Å². The van der Waals surface area contributed by atoms with Gasteiger partial charge in [-0.05, 0) is 18.6 Å². The van der Waals surface area contributed by atoms with Gasteiger partial charge in [0.25, 0.3) is 5.69 Å². The summed E-state index contributed by atoms with van der Waals surface area (Å²) in [4.78, 5) is 16.3. The van der Waals surface area contributed by atoms with Crippen LogP contribution < -0.4 is 4.90 Å². The molecule has 0 unspecified atom stereocenters. The van der Waals surface area contributed by atoms with Gasteiger partial charge in [0.1, 0.15) is 0 Å². The second-order valence-electron chi connectivity index (χ2n) is 4.35.